The lowest BCUT2D eigenvalue weighted by Gasteiger charge is -2.32. The summed E-state index contributed by atoms with van der Waals surface area (Å²) in [6.45, 7) is 11.9. The van der Waals surface area contributed by atoms with Crippen LogP contribution in [0.1, 0.15) is 38.8 Å². The lowest BCUT2D eigenvalue weighted by molar-refractivity contribution is -0.137. The number of rotatable bonds is 8. The molecule has 3 aliphatic heterocycles. The van der Waals surface area contributed by atoms with Crippen LogP contribution in [0.4, 0.5) is 49.9 Å². The standard InChI is InChI=1S/C16H17ClF3N7O.C15H21BF3N3O2.C7H8Cl2N4O/c1-26(2)9-22-12-7-11(16(18,19)20)10(8-21-12)13-23-14(17)25-15(24-13)27-3-5-28-6-4-27;1-13(2)14(3,4)24-16(23-13)11-8-20-12(21-9-22(5)6)7-10(11)15(17,18)19;8-5-10-6(9)12-7(11-5)13-1-3-14-4-2-13/h7-9H,3-6H2,1-2H3;7-9H,1-6H3;1-4H2. The van der Waals surface area contributed by atoms with Gasteiger partial charge in [-0.05, 0) is 74.6 Å². The van der Waals surface area contributed by atoms with Gasteiger partial charge in [0.2, 0.25) is 27.7 Å². The Hall–Kier alpha value is -4.79. The van der Waals surface area contributed by atoms with E-state index in [4.69, 9.17) is 53.6 Å². The number of nitrogens with zero attached hydrogens (tertiary/aromatic N) is 14. The van der Waals surface area contributed by atoms with E-state index < -0.39 is 41.8 Å². The Morgan fingerprint density at radius 3 is 1.47 bits per heavy atom. The Morgan fingerprint density at radius 1 is 0.621 bits per heavy atom. The van der Waals surface area contributed by atoms with Crippen molar-refractivity contribution < 1.29 is 45.1 Å². The van der Waals surface area contributed by atoms with Crippen LogP contribution < -0.4 is 15.3 Å². The van der Waals surface area contributed by atoms with Crippen LogP contribution in [-0.2, 0) is 31.1 Å². The van der Waals surface area contributed by atoms with E-state index in [9.17, 15) is 26.3 Å². The second-order valence-corrected chi connectivity index (χ2v) is 16.8. The van der Waals surface area contributed by atoms with Gasteiger partial charge in [-0.25, -0.2) is 20.0 Å². The van der Waals surface area contributed by atoms with Crippen molar-refractivity contribution in [3.05, 3.63) is 51.5 Å². The van der Waals surface area contributed by atoms with E-state index in [2.05, 4.69) is 49.9 Å². The minimum absolute atomic E-state index is 0.0312. The first kappa shape index (κ1) is 52.2. The summed E-state index contributed by atoms with van der Waals surface area (Å²) in [7, 11) is 5.69. The van der Waals surface area contributed by atoms with Crippen LogP contribution in [0.5, 0.6) is 0 Å². The molecule has 0 aliphatic carbocycles. The minimum atomic E-state index is -4.65. The molecule has 0 atom stereocenters. The summed E-state index contributed by atoms with van der Waals surface area (Å²) in [6, 6.07) is 1.75. The zero-order valence-corrected chi connectivity index (χ0v) is 39.3. The number of hydrogen-bond acceptors (Lipinski definition) is 16. The fraction of sp³-hybridized carbons (Fsp3) is 0.526. The topological polar surface area (TPSA) is 178 Å². The van der Waals surface area contributed by atoms with E-state index in [0.29, 0.717) is 45.5 Å². The number of aromatic nitrogens is 8. The van der Waals surface area contributed by atoms with E-state index in [1.807, 2.05) is 4.90 Å². The molecule has 4 aromatic heterocycles. The molecule has 0 aromatic carbocycles. The monoisotopic (exact) mass is 992 g/mol. The molecular formula is C38H46BCl3F6N14O4. The van der Waals surface area contributed by atoms with E-state index in [-0.39, 0.29) is 50.3 Å². The molecule has 18 nitrogen and oxygen atoms in total. The Balaban J connectivity index is 0.000000195. The van der Waals surface area contributed by atoms with Crippen molar-refractivity contribution in [3.63, 3.8) is 0 Å². The van der Waals surface area contributed by atoms with Crippen LogP contribution in [0.3, 0.4) is 0 Å². The summed E-state index contributed by atoms with van der Waals surface area (Å²) in [5.41, 5.74) is -3.73. The first-order valence-electron chi connectivity index (χ1n) is 19.9. The van der Waals surface area contributed by atoms with Crippen LogP contribution >= 0.6 is 34.8 Å². The Morgan fingerprint density at radius 2 is 1.03 bits per heavy atom. The summed E-state index contributed by atoms with van der Waals surface area (Å²) in [5, 5.41) is 0.0345. The van der Waals surface area contributed by atoms with Gasteiger partial charge in [-0.3, -0.25) is 0 Å². The molecule has 0 amide bonds. The van der Waals surface area contributed by atoms with Crippen LogP contribution in [0.15, 0.2) is 34.5 Å². The van der Waals surface area contributed by atoms with Gasteiger partial charge in [0.15, 0.2) is 17.5 Å². The molecule has 358 valence electrons. The third kappa shape index (κ3) is 14.4. The number of anilines is 2. The normalized spacial score (nSPS) is 17.4. The molecule has 66 heavy (non-hydrogen) atoms. The second-order valence-electron chi connectivity index (χ2n) is 15.8. The third-order valence-electron chi connectivity index (χ3n) is 9.76. The molecule has 4 aromatic rings. The number of halogens is 9. The largest absolute Gasteiger partial charge is 0.497 e. The Labute approximate surface area is 391 Å². The maximum atomic E-state index is 13.6. The van der Waals surface area contributed by atoms with E-state index in [1.165, 1.54) is 12.7 Å². The predicted molar refractivity (Wildman–Crippen MR) is 238 cm³/mol. The van der Waals surface area contributed by atoms with Gasteiger partial charge in [0, 0.05) is 72.2 Å². The molecule has 0 radical (unpaired) electrons. The molecular weight excluding hydrogens is 948 g/mol. The minimum Gasteiger partial charge on any atom is -0.399 e. The highest BCUT2D eigenvalue weighted by molar-refractivity contribution is 6.62. The van der Waals surface area contributed by atoms with Crippen molar-refractivity contribution in [1.29, 1.82) is 0 Å². The molecule has 0 saturated carbocycles. The van der Waals surface area contributed by atoms with Gasteiger partial charge in [0.05, 0.1) is 67.0 Å². The molecule has 3 saturated heterocycles. The lowest BCUT2D eigenvalue weighted by Crippen LogP contribution is -2.41. The smallest absolute Gasteiger partial charge is 0.399 e. The number of morpholine rings is 2. The zero-order chi connectivity index (χ0) is 48.6. The predicted octanol–water partition coefficient (Wildman–Crippen LogP) is 6.30. The first-order valence-corrected chi connectivity index (χ1v) is 21.0. The van der Waals surface area contributed by atoms with Gasteiger partial charge in [0.1, 0.15) is 0 Å². The van der Waals surface area contributed by atoms with Gasteiger partial charge < -0.3 is 38.4 Å². The zero-order valence-electron chi connectivity index (χ0n) is 37.0. The maximum Gasteiger partial charge on any atom is 0.497 e. The summed E-state index contributed by atoms with van der Waals surface area (Å²) >= 11 is 17.3. The van der Waals surface area contributed by atoms with Crippen LogP contribution in [0.2, 0.25) is 15.9 Å². The van der Waals surface area contributed by atoms with Crippen LogP contribution in [0, 0.1) is 0 Å². The number of pyridine rings is 2. The molecule has 3 fully saturated rings. The number of aliphatic imine (C=N–C) groups is 2. The number of hydrogen-bond donors (Lipinski definition) is 0. The van der Waals surface area contributed by atoms with Crippen molar-refractivity contribution in [3.8, 4) is 11.4 Å². The van der Waals surface area contributed by atoms with E-state index in [1.54, 1.807) is 70.6 Å². The van der Waals surface area contributed by atoms with Crippen molar-refractivity contribution in [2.24, 2.45) is 9.98 Å². The quantitative estimate of drug-likeness (QED) is 0.0831. The van der Waals surface area contributed by atoms with Crippen LogP contribution in [-0.4, -0.2) is 161 Å². The number of ether oxygens (including phenoxy) is 2. The molecule has 7 heterocycles. The fourth-order valence-electron chi connectivity index (χ4n) is 5.79. The summed E-state index contributed by atoms with van der Waals surface area (Å²) in [4.78, 5) is 46.4. The van der Waals surface area contributed by atoms with Crippen molar-refractivity contribution >= 4 is 83.6 Å². The second kappa shape index (κ2) is 21.9. The lowest BCUT2D eigenvalue weighted by atomic mass is 9.77. The molecule has 28 heteroatoms. The third-order valence-corrected chi connectivity index (χ3v) is 10.3. The maximum absolute atomic E-state index is 13.6. The van der Waals surface area contributed by atoms with Gasteiger partial charge in [0.25, 0.3) is 0 Å². The molecule has 0 N–H and O–H groups in total. The molecule has 0 spiro atoms. The number of alkyl halides is 6. The highest BCUT2D eigenvalue weighted by Crippen LogP contribution is 2.39. The van der Waals surface area contributed by atoms with Crippen molar-refractivity contribution in [2.45, 2.75) is 51.2 Å². The van der Waals surface area contributed by atoms with Gasteiger partial charge >= 0.3 is 19.5 Å². The van der Waals surface area contributed by atoms with E-state index in [0.717, 1.165) is 37.6 Å². The summed E-state index contributed by atoms with van der Waals surface area (Å²) in [6.07, 6.45) is -4.31. The summed E-state index contributed by atoms with van der Waals surface area (Å²) < 4.78 is 103. The molecule has 3 aliphatic rings. The molecule has 0 bridgehead atoms. The average molecular weight is 994 g/mol. The van der Waals surface area contributed by atoms with Crippen LogP contribution in [0.25, 0.3) is 11.4 Å². The highest BCUT2D eigenvalue weighted by atomic mass is 35.5. The summed E-state index contributed by atoms with van der Waals surface area (Å²) in [5.74, 6) is 0.388. The van der Waals surface area contributed by atoms with Gasteiger partial charge in [-0.1, -0.05) is 0 Å². The Kier molecular flexibility index (Phi) is 17.3. The van der Waals surface area contributed by atoms with E-state index >= 15 is 0 Å². The van der Waals surface area contributed by atoms with Gasteiger partial charge in [-0.2, -0.15) is 56.2 Å². The molecule has 7 rings (SSSR count). The SMILES string of the molecule is CN(C)C=Nc1cc(C(F)(F)F)c(-c2nc(Cl)nc(N3CCOCC3)n2)cn1.CN(C)C=Nc1cc(C(F)(F)F)c(B2OC(C)(C)C(C)(C)O2)cn1.Clc1nc(Cl)nc(N2CCOCC2)n1. The Bertz CT molecular complexity index is 2300. The van der Waals surface area contributed by atoms with Crippen molar-refractivity contribution in [1.82, 2.24) is 49.7 Å². The molecule has 0 unspecified atom stereocenters. The average Bonchev–Trinajstić information content (AvgIpc) is 3.47. The fourth-order valence-corrected chi connectivity index (χ4v) is 6.30. The highest BCUT2D eigenvalue weighted by Gasteiger charge is 2.54. The first-order chi connectivity index (χ1) is 30.8. The van der Waals surface area contributed by atoms with Crippen molar-refractivity contribution in [2.75, 3.05) is 90.6 Å². The van der Waals surface area contributed by atoms with Gasteiger partial charge in [-0.15, -0.1) is 0 Å².